The van der Waals surface area contributed by atoms with E-state index < -0.39 is 7.82 Å². The lowest BCUT2D eigenvalue weighted by Gasteiger charge is -2.23. The summed E-state index contributed by atoms with van der Waals surface area (Å²) in [5, 5.41) is 0. The molecule has 0 spiro atoms. The van der Waals surface area contributed by atoms with Crippen molar-refractivity contribution in [3.05, 3.63) is 12.2 Å². The Bertz CT molecular complexity index is 407. The van der Waals surface area contributed by atoms with Gasteiger partial charge in [0.25, 0.3) is 0 Å². The lowest BCUT2D eigenvalue weighted by atomic mass is 10.1. The van der Waals surface area contributed by atoms with Crippen LogP contribution in [-0.4, -0.2) is 50.3 Å². The Morgan fingerprint density at radius 1 is 0.778 bits per heavy atom. The van der Waals surface area contributed by atoms with Crippen molar-refractivity contribution in [3.63, 3.8) is 0 Å². The minimum absolute atomic E-state index is 0.218. The van der Waals surface area contributed by atoms with Crippen LogP contribution in [0.25, 0.3) is 0 Å². The number of nitrogens with zero attached hydrogens (tertiary/aromatic N) is 1. The van der Waals surface area contributed by atoms with Crippen LogP contribution in [-0.2, 0) is 13.6 Å². The molecular formula is C21H45NO4P+. The van der Waals surface area contributed by atoms with Crippen LogP contribution in [0.3, 0.4) is 0 Å². The SMILES string of the molecule is CCCCCCCCCCC/C=C\CCCOP(=O)(O)OCC[N+](C)(C)C. The maximum absolute atomic E-state index is 11.7. The van der Waals surface area contributed by atoms with Gasteiger partial charge in [-0.3, -0.25) is 9.05 Å². The minimum atomic E-state index is -3.90. The van der Waals surface area contributed by atoms with Gasteiger partial charge in [-0.2, -0.15) is 0 Å². The molecule has 1 atom stereocenters. The minimum Gasteiger partial charge on any atom is -0.329 e. The second kappa shape index (κ2) is 16.7. The van der Waals surface area contributed by atoms with Crippen molar-refractivity contribution in [2.75, 3.05) is 40.9 Å². The first-order chi connectivity index (χ1) is 12.8. The fourth-order valence-electron chi connectivity index (χ4n) is 2.66. The first-order valence-electron chi connectivity index (χ1n) is 10.8. The van der Waals surface area contributed by atoms with E-state index in [0.717, 1.165) is 19.3 Å². The lowest BCUT2D eigenvalue weighted by Crippen LogP contribution is -2.37. The zero-order valence-electron chi connectivity index (χ0n) is 18.3. The molecule has 0 fully saturated rings. The Kier molecular flexibility index (Phi) is 16.6. The van der Waals surface area contributed by atoms with E-state index in [1.807, 2.05) is 21.1 Å². The molecule has 6 heteroatoms. The highest BCUT2D eigenvalue weighted by Gasteiger charge is 2.21. The van der Waals surface area contributed by atoms with Gasteiger partial charge in [-0.05, 0) is 25.7 Å². The molecule has 0 saturated heterocycles. The number of phosphoric acid groups is 1. The summed E-state index contributed by atoms with van der Waals surface area (Å²) in [6.45, 7) is 3.39. The van der Waals surface area contributed by atoms with Crippen LogP contribution in [0.5, 0.6) is 0 Å². The maximum atomic E-state index is 11.7. The molecule has 0 rings (SSSR count). The number of rotatable bonds is 19. The van der Waals surface area contributed by atoms with Crippen LogP contribution in [0.4, 0.5) is 0 Å². The maximum Gasteiger partial charge on any atom is 0.472 e. The van der Waals surface area contributed by atoms with Crippen LogP contribution >= 0.6 is 7.82 Å². The zero-order valence-corrected chi connectivity index (χ0v) is 19.2. The van der Waals surface area contributed by atoms with E-state index in [4.69, 9.17) is 9.05 Å². The summed E-state index contributed by atoms with van der Waals surface area (Å²) in [5.41, 5.74) is 0. The highest BCUT2D eigenvalue weighted by molar-refractivity contribution is 7.47. The summed E-state index contributed by atoms with van der Waals surface area (Å²) in [7, 11) is 2.12. The number of hydrogen-bond acceptors (Lipinski definition) is 3. The van der Waals surface area contributed by atoms with Crippen LogP contribution in [0.1, 0.15) is 84.0 Å². The molecule has 5 nitrogen and oxygen atoms in total. The van der Waals surface area contributed by atoms with E-state index in [-0.39, 0.29) is 13.2 Å². The molecule has 0 aromatic carbocycles. The van der Waals surface area contributed by atoms with Gasteiger partial charge in [-0.25, -0.2) is 4.57 Å². The van der Waals surface area contributed by atoms with Crippen LogP contribution in [0.2, 0.25) is 0 Å². The van der Waals surface area contributed by atoms with Gasteiger partial charge >= 0.3 is 7.82 Å². The van der Waals surface area contributed by atoms with E-state index >= 15 is 0 Å². The van der Waals surface area contributed by atoms with Gasteiger partial charge in [0.15, 0.2) is 0 Å². The predicted octanol–water partition coefficient (Wildman–Crippen LogP) is 6.08. The van der Waals surface area contributed by atoms with Crippen molar-refractivity contribution in [1.82, 2.24) is 0 Å². The standard InChI is InChI=1S/C21H44NO4P/c1-5-6-7-8-9-10-11-12-13-14-15-16-17-18-20-25-27(23,24)26-21-19-22(2,3)4/h15-16H,5-14,17-21H2,1-4H3/p+1/b16-15-. The number of likely N-dealkylation sites (N-methyl/N-ethyl adjacent to an activating group) is 1. The lowest BCUT2D eigenvalue weighted by molar-refractivity contribution is -0.870. The van der Waals surface area contributed by atoms with Crippen LogP contribution in [0.15, 0.2) is 12.2 Å². The van der Waals surface area contributed by atoms with Gasteiger partial charge in [0.05, 0.1) is 27.7 Å². The Labute approximate surface area is 168 Å². The molecule has 0 aromatic rings. The fraction of sp³-hybridized carbons (Fsp3) is 0.905. The third kappa shape index (κ3) is 22.0. The van der Waals surface area contributed by atoms with Crippen LogP contribution in [0, 0.1) is 0 Å². The molecule has 0 aliphatic carbocycles. The highest BCUT2D eigenvalue weighted by Crippen LogP contribution is 2.43. The summed E-state index contributed by atoms with van der Waals surface area (Å²) in [5.74, 6) is 0. The summed E-state index contributed by atoms with van der Waals surface area (Å²) < 4.78 is 22.4. The second-order valence-electron chi connectivity index (χ2n) is 8.38. The van der Waals surface area contributed by atoms with Gasteiger partial charge in [-0.15, -0.1) is 0 Å². The van der Waals surface area contributed by atoms with Crippen LogP contribution < -0.4 is 0 Å². The largest absolute Gasteiger partial charge is 0.472 e. The first kappa shape index (κ1) is 26.8. The Morgan fingerprint density at radius 3 is 1.81 bits per heavy atom. The van der Waals surface area contributed by atoms with Gasteiger partial charge in [0.2, 0.25) is 0 Å². The van der Waals surface area contributed by atoms with Crippen molar-refractivity contribution in [2.45, 2.75) is 84.0 Å². The summed E-state index contributed by atoms with van der Waals surface area (Å²) in [6, 6.07) is 0. The Morgan fingerprint density at radius 2 is 1.26 bits per heavy atom. The summed E-state index contributed by atoms with van der Waals surface area (Å²) >= 11 is 0. The number of unbranched alkanes of at least 4 members (excludes halogenated alkanes) is 10. The average molecular weight is 407 g/mol. The van der Waals surface area contributed by atoms with E-state index in [0.29, 0.717) is 11.0 Å². The Balaban J connectivity index is 3.43. The van der Waals surface area contributed by atoms with Gasteiger partial charge in [0, 0.05) is 0 Å². The third-order valence-electron chi connectivity index (χ3n) is 4.43. The van der Waals surface area contributed by atoms with E-state index in [1.54, 1.807) is 0 Å². The quantitative estimate of drug-likeness (QED) is 0.122. The topological polar surface area (TPSA) is 55.8 Å². The van der Waals surface area contributed by atoms with Gasteiger partial charge < -0.3 is 9.38 Å². The number of hydrogen-bond donors (Lipinski definition) is 1. The second-order valence-corrected chi connectivity index (χ2v) is 9.83. The van der Waals surface area contributed by atoms with Crippen molar-refractivity contribution in [3.8, 4) is 0 Å². The van der Waals surface area contributed by atoms with Crippen molar-refractivity contribution >= 4 is 7.82 Å². The predicted molar refractivity (Wildman–Crippen MR) is 115 cm³/mol. The molecule has 0 saturated carbocycles. The smallest absolute Gasteiger partial charge is 0.329 e. The molecule has 0 heterocycles. The monoisotopic (exact) mass is 406 g/mol. The molecule has 0 amide bonds. The fourth-order valence-corrected chi connectivity index (χ4v) is 3.40. The van der Waals surface area contributed by atoms with Crippen molar-refractivity contribution in [1.29, 1.82) is 0 Å². The molecule has 27 heavy (non-hydrogen) atoms. The average Bonchev–Trinajstić information content (AvgIpc) is 2.57. The molecule has 0 aliphatic heterocycles. The first-order valence-corrected chi connectivity index (χ1v) is 12.3. The summed E-state index contributed by atoms with van der Waals surface area (Å²) in [6.07, 6.45) is 19.3. The summed E-state index contributed by atoms with van der Waals surface area (Å²) in [4.78, 5) is 9.60. The highest BCUT2D eigenvalue weighted by atomic mass is 31.2. The molecule has 0 aromatic heterocycles. The molecular weight excluding hydrogens is 361 g/mol. The van der Waals surface area contributed by atoms with Crippen molar-refractivity contribution in [2.24, 2.45) is 0 Å². The molecule has 1 unspecified atom stereocenters. The van der Waals surface area contributed by atoms with Gasteiger partial charge in [-0.1, -0.05) is 70.4 Å². The normalized spacial score (nSPS) is 14.7. The zero-order chi connectivity index (χ0) is 20.4. The molecule has 0 radical (unpaired) electrons. The number of phosphoric ester groups is 1. The van der Waals surface area contributed by atoms with Crippen molar-refractivity contribution < 1.29 is 23.0 Å². The van der Waals surface area contributed by atoms with E-state index in [9.17, 15) is 9.46 Å². The van der Waals surface area contributed by atoms with Gasteiger partial charge in [0.1, 0.15) is 13.2 Å². The third-order valence-corrected chi connectivity index (χ3v) is 5.44. The molecule has 162 valence electrons. The molecule has 0 aliphatic rings. The molecule has 0 bridgehead atoms. The van der Waals surface area contributed by atoms with E-state index in [1.165, 1.54) is 57.8 Å². The molecule has 1 N–H and O–H groups in total. The number of quaternary nitrogens is 1. The van der Waals surface area contributed by atoms with E-state index in [2.05, 4.69) is 19.1 Å². The Hall–Kier alpha value is -0.190. The number of allylic oxidation sites excluding steroid dienone is 2.